The van der Waals surface area contributed by atoms with Gasteiger partial charge in [-0.15, -0.1) is 0 Å². The molecule has 2 rings (SSSR count). The van der Waals surface area contributed by atoms with Crippen LogP contribution in [0.3, 0.4) is 0 Å². The average Bonchev–Trinajstić information content (AvgIpc) is 2.37. The van der Waals surface area contributed by atoms with E-state index < -0.39 is 6.04 Å². The zero-order valence-electron chi connectivity index (χ0n) is 10.5. The van der Waals surface area contributed by atoms with Crippen molar-refractivity contribution in [3.8, 4) is 0 Å². The van der Waals surface area contributed by atoms with Crippen LogP contribution in [0.25, 0.3) is 0 Å². The number of carbonyl (C=O) groups is 1. The molecule has 0 spiro atoms. The predicted octanol–water partition coefficient (Wildman–Crippen LogP) is 1.37. The molecule has 1 fully saturated rings. The number of piperazine rings is 1. The summed E-state index contributed by atoms with van der Waals surface area (Å²) in [7, 11) is 1.77. The highest BCUT2D eigenvalue weighted by atomic mass is 35.5. The van der Waals surface area contributed by atoms with Gasteiger partial charge in [0.25, 0.3) is 0 Å². The van der Waals surface area contributed by atoms with E-state index in [-0.39, 0.29) is 18.6 Å². The molecule has 2 atom stereocenters. The van der Waals surface area contributed by atoms with Crippen molar-refractivity contribution in [1.29, 1.82) is 0 Å². The van der Waals surface area contributed by atoms with Crippen LogP contribution in [0.1, 0.15) is 6.92 Å². The summed E-state index contributed by atoms with van der Waals surface area (Å²) in [5.74, 6) is -0.0498. The summed E-state index contributed by atoms with van der Waals surface area (Å²) in [5, 5.41) is 10.1. The fraction of sp³-hybridized carbons (Fsp3) is 0.462. The van der Waals surface area contributed by atoms with Gasteiger partial charge in [0.2, 0.25) is 5.91 Å². The summed E-state index contributed by atoms with van der Waals surface area (Å²) in [5.41, 5.74) is 0.909. The van der Waals surface area contributed by atoms with Crippen LogP contribution in [0.15, 0.2) is 24.3 Å². The SMILES string of the molecule is CC1CN(c2ccc(Cl)cc2)C(CO)C(=O)N1C. The Morgan fingerprint density at radius 1 is 1.39 bits per heavy atom. The minimum Gasteiger partial charge on any atom is -0.394 e. The molecule has 1 saturated heterocycles. The third kappa shape index (κ3) is 2.31. The minimum absolute atomic E-state index is 0.0498. The Balaban J connectivity index is 2.30. The lowest BCUT2D eigenvalue weighted by atomic mass is 10.1. The second-order valence-electron chi connectivity index (χ2n) is 4.63. The second kappa shape index (κ2) is 5.16. The molecule has 0 bridgehead atoms. The molecule has 1 heterocycles. The number of aliphatic hydroxyl groups is 1. The van der Waals surface area contributed by atoms with E-state index in [9.17, 15) is 9.90 Å². The number of aliphatic hydroxyl groups excluding tert-OH is 1. The van der Waals surface area contributed by atoms with E-state index >= 15 is 0 Å². The molecule has 4 nitrogen and oxygen atoms in total. The van der Waals surface area contributed by atoms with Crippen molar-refractivity contribution in [2.24, 2.45) is 0 Å². The number of benzene rings is 1. The molecule has 0 saturated carbocycles. The number of halogens is 1. The van der Waals surface area contributed by atoms with E-state index in [2.05, 4.69) is 0 Å². The lowest BCUT2D eigenvalue weighted by Gasteiger charge is -2.43. The molecule has 1 aliphatic heterocycles. The van der Waals surface area contributed by atoms with Gasteiger partial charge in [0, 0.05) is 30.3 Å². The Bertz CT molecular complexity index is 435. The van der Waals surface area contributed by atoms with Gasteiger partial charge >= 0.3 is 0 Å². The number of hydrogen-bond acceptors (Lipinski definition) is 3. The van der Waals surface area contributed by atoms with Crippen LogP contribution in [-0.4, -0.2) is 48.2 Å². The summed E-state index contributed by atoms with van der Waals surface area (Å²) in [6.45, 7) is 2.52. The molecular weight excluding hydrogens is 252 g/mol. The highest BCUT2D eigenvalue weighted by molar-refractivity contribution is 6.30. The van der Waals surface area contributed by atoms with Crippen molar-refractivity contribution in [1.82, 2.24) is 4.90 Å². The normalized spacial score (nSPS) is 24.6. The maximum atomic E-state index is 12.1. The van der Waals surface area contributed by atoms with Crippen LogP contribution in [0, 0.1) is 0 Å². The Kier molecular flexibility index (Phi) is 3.78. The van der Waals surface area contributed by atoms with E-state index in [1.54, 1.807) is 24.1 Å². The highest BCUT2D eigenvalue weighted by Crippen LogP contribution is 2.24. The molecule has 5 heteroatoms. The van der Waals surface area contributed by atoms with Gasteiger partial charge < -0.3 is 14.9 Å². The largest absolute Gasteiger partial charge is 0.394 e. The Morgan fingerprint density at radius 2 is 2.00 bits per heavy atom. The van der Waals surface area contributed by atoms with Gasteiger partial charge in [-0.05, 0) is 31.2 Å². The second-order valence-corrected chi connectivity index (χ2v) is 5.06. The number of rotatable bonds is 2. The number of likely N-dealkylation sites (N-methyl/N-ethyl adjacent to an activating group) is 1. The summed E-state index contributed by atoms with van der Waals surface area (Å²) in [6.07, 6.45) is 0. The van der Waals surface area contributed by atoms with E-state index in [1.807, 2.05) is 24.0 Å². The predicted molar refractivity (Wildman–Crippen MR) is 71.9 cm³/mol. The molecule has 2 unspecified atom stereocenters. The molecule has 98 valence electrons. The zero-order valence-corrected chi connectivity index (χ0v) is 11.3. The molecular formula is C13H17ClN2O2. The first-order chi connectivity index (χ1) is 8.54. The van der Waals surface area contributed by atoms with E-state index in [1.165, 1.54) is 0 Å². The molecule has 18 heavy (non-hydrogen) atoms. The number of amides is 1. The number of carbonyl (C=O) groups excluding carboxylic acids is 1. The zero-order chi connectivity index (χ0) is 13.3. The molecule has 1 aromatic carbocycles. The first-order valence-electron chi connectivity index (χ1n) is 5.94. The van der Waals surface area contributed by atoms with E-state index in [0.29, 0.717) is 11.6 Å². The van der Waals surface area contributed by atoms with Crippen LogP contribution in [0.4, 0.5) is 5.69 Å². The van der Waals surface area contributed by atoms with Gasteiger partial charge in [0.15, 0.2) is 0 Å². The van der Waals surface area contributed by atoms with Gasteiger partial charge in [-0.2, -0.15) is 0 Å². The summed E-state index contributed by atoms with van der Waals surface area (Å²) >= 11 is 5.86. The van der Waals surface area contributed by atoms with E-state index in [0.717, 1.165) is 5.69 Å². The highest BCUT2D eigenvalue weighted by Gasteiger charge is 2.36. The standard InChI is InChI=1S/C13H17ClN2O2/c1-9-7-16(11-5-3-10(14)4-6-11)12(8-17)13(18)15(9)2/h3-6,9,12,17H,7-8H2,1-2H3. The van der Waals surface area contributed by atoms with Crippen molar-refractivity contribution >= 4 is 23.2 Å². The third-order valence-corrected chi connectivity index (χ3v) is 3.71. The van der Waals surface area contributed by atoms with Gasteiger partial charge in [-0.3, -0.25) is 4.79 Å². The van der Waals surface area contributed by atoms with Crippen molar-refractivity contribution in [3.05, 3.63) is 29.3 Å². The maximum Gasteiger partial charge on any atom is 0.247 e. The molecule has 0 aliphatic carbocycles. The van der Waals surface area contributed by atoms with Crippen molar-refractivity contribution < 1.29 is 9.90 Å². The number of anilines is 1. The molecule has 1 aromatic rings. The molecule has 0 aromatic heterocycles. The molecule has 0 radical (unpaired) electrons. The quantitative estimate of drug-likeness (QED) is 0.881. The van der Waals surface area contributed by atoms with Crippen LogP contribution in [0.5, 0.6) is 0 Å². The Labute approximate surface area is 112 Å². The van der Waals surface area contributed by atoms with Gasteiger partial charge in [0.1, 0.15) is 6.04 Å². The fourth-order valence-electron chi connectivity index (χ4n) is 2.21. The van der Waals surface area contributed by atoms with Crippen LogP contribution >= 0.6 is 11.6 Å². The minimum atomic E-state index is -0.507. The monoisotopic (exact) mass is 268 g/mol. The first kappa shape index (κ1) is 13.2. The van der Waals surface area contributed by atoms with Crippen molar-refractivity contribution in [2.45, 2.75) is 19.0 Å². The van der Waals surface area contributed by atoms with Crippen molar-refractivity contribution in [2.75, 3.05) is 25.1 Å². The summed E-state index contributed by atoms with van der Waals surface area (Å²) in [6, 6.07) is 6.94. The Morgan fingerprint density at radius 3 is 2.56 bits per heavy atom. The topological polar surface area (TPSA) is 43.8 Å². The molecule has 1 N–H and O–H groups in total. The van der Waals surface area contributed by atoms with Crippen LogP contribution in [0.2, 0.25) is 5.02 Å². The van der Waals surface area contributed by atoms with Gasteiger partial charge in [0.05, 0.1) is 6.61 Å². The maximum absolute atomic E-state index is 12.1. The number of nitrogens with zero attached hydrogens (tertiary/aromatic N) is 2. The summed E-state index contributed by atoms with van der Waals surface area (Å²) < 4.78 is 0. The van der Waals surface area contributed by atoms with Gasteiger partial charge in [-0.1, -0.05) is 11.6 Å². The summed E-state index contributed by atoms with van der Waals surface area (Å²) in [4.78, 5) is 15.7. The van der Waals surface area contributed by atoms with Crippen LogP contribution < -0.4 is 4.90 Å². The Hall–Kier alpha value is -1.26. The lowest BCUT2D eigenvalue weighted by Crippen LogP contribution is -2.61. The average molecular weight is 269 g/mol. The van der Waals surface area contributed by atoms with Crippen LogP contribution in [-0.2, 0) is 4.79 Å². The lowest BCUT2D eigenvalue weighted by molar-refractivity contribution is -0.136. The smallest absolute Gasteiger partial charge is 0.247 e. The molecule has 1 amide bonds. The van der Waals surface area contributed by atoms with E-state index in [4.69, 9.17) is 11.6 Å². The van der Waals surface area contributed by atoms with Crippen molar-refractivity contribution in [3.63, 3.8) is 0 Å². The third-order valence-electron chi connectivity index (χ3n) is 3.46. The first-order valence-corrected chi connectivity index (χ1v) is 6.32. The number of hydrogen-bond donors (Lipinski definition) is 1. The fourth-order valence-corrected chi connectivity index (χ4v) is 2.34. The van der Waals surface area contributed by atoms with Gasteiger partial charge in [-0.25, -0.2) is 0 Å². The molecule has 1 aliphatic rings.